The summed E-state index contributed by atoms with van der Waals surface area (Å²) in [6.45, 7) is 6.66. The number of amides is 1. The van der Waals surface area contributed by atoms with Crippen LogP contribution in [0.3, 0.4) is 0 Å². The maximum atomic E-state index is 14.2. The summed E-state index contributed by atoms with van der Waals surface area (Å²) in [5.41, 5.74) is -0.0377. The molecule has 1 aromatic carbocycles. The first-order valence-electron chi connectivity index (χ1n) is 8.48. The van der Waals surface area contributed by atoms with Gasteiger partial charge in [0.15, 0.2) is 5.82 Å². The highest BCUT2D eigenvalue weighted by Gasteiger charge is 2.32. The predicted molar refractivity (Wildman–Crippen MR) is 95.2 cm³/mol. The first-order chi connectivity index (χ1) is 12.8. The van der Waals surface area contributed by atoms with Crippen molar-refractivity contribution in [1.82, 2.24) is 19.7 Å². The summed E-state index contributed by atoms with van der Waals surface area (Å²) in [5.74, 6) is 1.15. The Morgan fingerprint density at radius 2 is 2.07 bits per heavy atom. The molecule has 0 aliphatic carbocycles. The van der Waals surface area contributed by atoms with Crippen molar-refractivity contribution in [3.05, 3.63) is 41.2 Å². The standard InChI is InChI=1S/C17H21FN4O2.CH2O2/c1-10(2)16-20-19-14-9-21(8-11(3)22(14)16)17(23)15-12(18)6-5-7-13(15)24-4;2-1-3/h5-7,10-11H,8-9H2,1-4H3;1H,(H,2,3)/t11-;/m0./s1. The van der Waals surface area contributed by atoms with E-state index in [9.17, 15) is 9.18 Å². The highest BCUT2D eigenvalue weighted by Crippen LogP contribution is 2.29. The number of carbonyl (C=O) groups excluding carboxylic acids is 1. The number of ether oxygens (including phenoxy) is 1. The van der Waals surface area contributed by atoms with Crippen LogP contribution in [-0.4, -0.2) is 50.8 Å². The monoisotopic (exact) mass is 378 g/mol. The van der Waals surface area contributed by atoms with E-state index in [1.54, 1.807) is 11.0 Å². The number of aromatic nitrogens is 3. The van der Waals surface area contributed by atoms with Crippen LogP contribution in [0, 0.1) is 5.82 Å². The molecule has 8 nitrogen and oxygen atoms in total. The fourth-order valence-corrected chi connectivity index (χ4v) is 3.15. The number of benzene rings is 1. The number of halogens is 1. The number of carboxylic acid groups (broad SMARTS) is 1. The molecular weight excluding hydrogens is 355 g/mol. The molecule has 1 amide bonds. The Morgan fingerprint density at radius 1 is 1.41 bits per heavy atom. The lowest BCUT2D eigenvalue weighted by Crippen LogP contribution is -2.41. The fourth-order valence-electron chi connectivity index (χ4n) is 3.15. The molecule has 0 unspecified atom stereocenters. The Kier molecular flexibility index (Phi) is 6.49. The van der Waals surface area contributed by atoms with Gasteiger partial charge in [0.25, 0.3) is 12.4 Å². The number of hydrogen-bond acceptors (Lipinski definition) is 5. The van der Waals surface area contributed by atoms with Crippen LogP contribution in [0.4, 0.5) is 4.39 Å². The van der Waals surface area contributed by atoms with Gasteiger partial charge in [0, 0.05) is 12.5 Å². The maximum absolute atomic E-state index is 14.2. The van der Waals surface area contributed by atoms with Gasteiger partial charge in [-0.1, -0.05) is 19.9 Å². The quantitative estimate of drug-likeness (QED) is 0.824. The van der Waals surface area contributed by atoms with Crippen molar-refractivity contribution in [2.75, 3.05) is 13.7 Å². The summed E-state index contributed by atoms with van der Waals surface area (Å²) in [7, 11) is 1.43. The molecule has 0 saturated carbocycles. The topological polar surface area (TPSA) is 97.5 Å². The molecule has 1 aromatic heterocycles. The van der Waals surface area contributed by atoms with Gasteiger partial charge in [-0.15, -0.1) is 10.2 Å². The Hall–Kier alpha value is -2.97. The Morgan fingerprint density at radius 3 is 2.67 bits per heavy atom. The molecule has 0 fully saturated rings. The summed E-state index contributed by atoms with van der Waals surface area (Å²) in [6, 6.07) is 4.41. The third-order valence-electron chi connectivity index (χ3n) is 4.26. The zero-order chi connectivity index (χ0) is 20.1. The lowest BCUT2D eigenvalue weighted by molar-refractivity contribution is -0.122. The van der Waals surface area contributed by atoms with Crippen molar-refractivity contribution in [3.63, 3.8) is 0 Å². The SMILES string of the molecule is COc1cccc(F)c1C(=O)N1Cc2nnc(C(C)C)n2[C@@H](C)C1.O=CO. The van der Waals surface area contributed by atoms with Gasteiger partial charge in [-0.05, 0) is 19.1 Å². The number of carbonyl (C=O) groups is 2. The van der Waals surface area contributed by atoms with Gasteiger partial charge in [-0.2, -0.15) is 0 Å². The van der Waals surface area contributed by atoms with Gasteiger partial charge in [0.1, 0.15) is 23.0 Å². The molecule has 1 N–H and O–H groups in total. The van der Waals surface area contributed by atoms with Gasteiger partial charge < -0.3 is 19.3 Å². The van der Waals surface area contributed by atoms with Crippen LogP contribution in [-0.2, 0) is 11.3 Å². The van der Waals surface area contributed by atoms with Crippen LogP contribution in [0.2, 0.25) is 0 Å². The molecule has 2 aromatic rings. The van der Waals surface area contributed by atoms with E-state index in [2.05, 4.69) is 28.6 Å². The van der Waals surface area contributed by atoms with Gasteiger partial charge in [-0.3, -0.25) is 9.59 Å². The minimum absolute atomic E-state index is 0.0304. The molecule has 0 spiro atoms. The molecule has 1 atom stereocenters. The van der Waals surface area contributed by atoms with Crippen molar-refractivity contribution in [2.24, 2.45) is 0 Å². The average molecular weight is 378 g/mol. The van der Waals surface area contributed by atoms with Crippen LogP contribution < -0.4 is 4.74 Å². The molecule has 27 heavy (non-hydrogen) atoms. The van der Waals surface area contributed by atoms with E-state index >= 15 is 0 Å². The second kappa shape index (κ2) is 8.61. The third kappa shape index (κ3) is 4.07. The van der Waals surface area contributed by atoms with E-state index in [4.69, 9.17) is 14.6 Å². The van der Waals surface area contributed by atoms with E-state index in [1.807, 2.05) is 6.92 Å². The summed E-state index contributed by atoms with van der Waals surface area (Å²) < 4.78 is 21.4. The lowest BCUT2D eigenvalue weighted by Gasteiger charge is -2.33. The zero-order valence-electron chi connectivity index (χ0n) is 15.7. The second-order valence-electron chi connectivity index (χ2n) is 6.46. The van der Waals surface area contributed by atoms with Gasteiger partial charge in [0.05, 0.1) is 19.7 Å². The van der Waals surface area contributed by atoms with Crippen LogP contribution in [0.1, 0.15) is 54.7 Å². The van der Waals surface area contributed by atoms with Crippen LogP contribution in [0.15, 0.2) is 18.2 Å². The number of methoxy groups -OCH3 is 1. The number of nitrogens with zero attached hydrogens (tertiary/aromatic N) is 4. The van der Waals surface area contributed by atoms with Crippen molar-refractivity contribution < 1.29 is 23.8 Å². The highest BCUT2D eigenvalue weighted by atomic mass is 19.1. The Labute approximate surface area is 156 Å². The molecule has 9 heteroatoms. The minimum atomic E-state index is -0.582. The van der Waals surface area contributed by atoms with E-state index in [-0.39, 0.29) is 29.7 Å². The van der Waals surface area contributed by atoms with Crippen LogP contribution in [0.5, 0.6) is 5.75 Å². The van der Waals surface area contributed by atoms with Crippen molar-refractivity contribution in [1.29, 1.82) is 0 Å². The van der Waals surface area contributed by atoms with E-state index in [1.165, 1.54) is 19.2 Å². The summed E-state index contributed by atoms with van der Waals surface area (Å²) in [4.78, 5) is 22.8. The number of fused-ring (bicyclic) bond motifs is 1. The molecule has 0 saturated heterocycles. The normalized spacial score (nSPS) is 15.6. The predicted octanol–water partition coefficient (Wildman–Crippen LogP) is 2.47. The fraction of sp³-hybridized carbons (Fsp3) is 0.444. The van der Waals surface area contributed by atoms with Gasteiger partial charge >= 0.3 is 0 Å². The van der Waals surface area contributed by atoms with Crippen molar-refractivity contribution in [2.45, 2.75) is 39.3 Å². The number of hydrogen-bond donors (Lipinski definition) is 1. The summed E-state index contributed by atoms with van der Waals surface area (Å²) in [6.07, 6.45) is 0. The third-order valence-corrected chi connectivity index (χ3v) is 4.26. The Balaban J connectivity index is 0.000000817. The second-order valence-corrected chi connectivity index (χ2v) is 6.46. The smallest absolute Gasteiger partial charge is 0.290 e. The molecule has 2 heterocycles. The first kappa shape index (κ1) is 20.3. The van der Waals surface area contributed by atoms with E-state index in [0.29, 0.717) is 13.1 Å². The van der Waals surface area contributed by atoms with E-state index in [0.717, 1.165) is 11.6 Å². The summed E-state index contributed by atoms with van der Waals surface area (Å²) in [5, 5.41) is 15.3. The molecule has 0 bridgehead atoms. The van der Waals surface area contributed by atoms with Gasteiger partial charge in [0.2, 0.25) is 0 Å². The summed E-state index contributed by atoms with van der Waals surface area (Å²) >= 11 is 0. The molecule has 1 aliphatic heterocycles. The van der Waals surface area contributed by atoms with Crippen molar-refractivity contribution >= 4 is 12.4 Å². The molecule has 0 radical (unpaired) electrons. The zero-order valence-corrected chi connectivity index (χ0v) is 15.7. The molecule has 146 valence electrons. The molecular formula is C18H23FN4O4. The molecule has 1 aliphatic rings. The first-order valence-corrected chi connectivity index (χ1v) is 8.48. The van der Waals surface area contributed by atoms with E-state index < -0.39 is 11.7 Å². The van der Waals surface area contributed by atoms with Crippen LogP contribution in [0.25, 0.3) is 0 Å². The van der Waals surface area contributed by atoms with Crippen LogP contribution >= 0.6 is 0 Å². The lowest BCUT2D eigenvalue weighted by atomic mass is 10.1. The minimum Gasteiger partial charge on any atom is -0.496 e. The molecule has 3 rings (SSSR count). The average Bonchev–Trinajstić information content (AvgIpc) is 3.06. The number of rotatable bonds is 3. The largest absolute Gasteiger partial charge is 0.496 e. The van der Waals surface area contributed by atoms with Crippen molar-refractivity contribution in [3.8, 4) is 5.75 Å². The Bertz CT molecular complexity index is 822. The van der Waals surface area contributed by atoms with Gasteiger partial charge in [-0.25, -0.2) is 4.39 Å². The highest BCUT2D eigenvalue weighted by molar-refractivity contribution is 5.97. The maximum Gasteiger partial charge on any atom is 0.290 e.